The Labute approximate surface area is 159 Å². The lowest BCUT2D eigenvalue weighted by atomic mass is 10.1. The van der Waals surface area contributed by atoms with Gasteiger partial charge in [-0.25, -0.2) is 0 Å². The third-order valence-electron chi connectivity index (χ3n) is 4.50. The van der Waals surface area contributed by atoms with Gasteiger partial charge in [0.2, 0.25) is 12.7 Å². The zero-order valence-corrected chi connectivity index (χ0v) is 15.3. The fourth-order valence-electron chi connectivity index (χ4n) is 3.02. The van der Waals surface area contributed by atoms with Gasteiger partial charge in [0.25, 0.3) is 11.1 Å². The van der Waals surface area contributed by atoms with Crippen molar-refractivity contribution >= 4 is 34.9 Å². The van der Waals surface area contributed by atoms with Gasteiger partial charge in [-0.05, 0) is 42.0 Å². The van der Waals surface area contributed by atoms with Gasteiger partial charge in [0.1, 0.15) is 0 Å². The van der Waals surface area contributed by atoms with Crippen LogP contribution in [0.1, 0.15) is 12.0 Å². The van der Waals surface area contributed by atoms with E-state index in [1.54, 1.807) is 24.3 Å². The van der Waals surface area contributed by atoms with E-state index in [1.807, 2.05) is 0 Å². The number of hydrogen-bond acceptors (Lipinski definition) is 7. The van der Waals surface area contributed by atoms with Crippen LogP contribution in [-0.2, 0) is 14.3 Å². The highest BCUT2D eigenvalue weighted by atomic mass is 32.2. The Morgan fingerprint density at radius 2 is 2.15 bits per heavy atom. The second-order valence-corrected chi connectivity index (χ2v) is 7.29. The first-order chi connectivity index (χ1) is 13.1. The minimum Gasteiger partial charge on any atom is -0.454 e. The summed E-state index contributed by atoms with van der Waals surface area (Å²) in [5.74, 6) is 0.660. The summed E-state index contributed by atoms with van der Waals surface area (Å²) in [5.41, 5.74) is 0.749. The largest absolute Gasteiger partial charge is 0.454 e. The molecular formula is C18H18N2O6S. The van der Waals surface area contributed by atoms with Gasteiger partial charge in [0, 0.05) is 19.7 Å². The second kappa shape index (κ2) is 7.61. The molecule has 27 heavy (non-hydrogen) atoms. The number of thioether (sulfide) groups is 1. The number of carbonyl (C=O) groups is 3. The minimum absolute atomic E-state index is 0.102. The fraction of sp³-hybridized carbons (Fsp3) is 0.389. The molecule has 0 spiro atoms. The van der Waals surface area contributed by atoms with E-state index in [0.717, 1.165) is 22.2 Å². The SMILES string of the molecule is O=C(NCCN1C(=O)S/C(=C\c2ccc3c(c2)OCO3)C1=O)C1CCOC1. The molecule has 3 amide bonds. The molecule has 0 bridgehead atoms. The summed E-state index contributed by atoms with van der Waals surface area (Å²) < 4.78 is 15.8. The molecule has 3 heterocycles. The molecule has 1 aromatic rings. The lowest BCUT2D eigenvalue weighted by Gasteiger charge is -2.14. The summed E-state index contributed by atoms with van der Waals surface area (Å²) in [4.78, 5) is 38.1. The molecule has 0 saturated carbocycles. The van der Waals surface area contributed by atoms with E-state index in [0.29, 0.717) is 36.0 Å². The molecule has 0 aliphatic carbocycles. The van der Waals surface area contributed by atoms with Gasteiger partial charge in [-0.2, -0.15) is 0 Å². The van der Waals surface area contributed by atoms with Crippen molar-refractivity contribution in [2.75, 3.05) is 33.1 Å². The molecule has 142 valence electrons. The van der Waals surface area contributed by atoms with Crippen molar-refractivity contribution < 1.29 is 28.6 Å². The Morgan fingerprint density at radius 3 is 2.96 bits per heavy atom. The highest BCUT2D eigenvalue weighted by molar-refractivity contribution is 8.18. The van der Waals surface area contributed by atoms with Gasteiger partial charge in [0.05, 0.1) is 17.4 Å². The maximum atomic E-state index is 12.5. The standard InChI is InChI=1S/C18H18N2O6S/c21-16(12-3-6-24-9-12)19-4-5-20-17(22)15(27-18(20)23)8-11-1-2-13-14(7-11)26-10-25-13/h1-2,7-8,12H,3-6,9-10H2,(H,19,21)/b15-8-. The van der Waals surface area contributed by atoms with Crippen molar-refractivity contribution in [1.82, 2.24) is 10.2 Å². The first-order valence-electron chi connectivity index (χ1n) is 8.62. The zero-order valence-electron chi connectivity index (χ0n) is 14.4. The first kappa shape index (κ1) is 17.9. The molecule has 1 N–H and O–H groups in total. The van der Waals surface area contributed by atoms with Gasteiger partial charge in [0.15, 0.2) is 11.5 Å². The highest BCUT2D eigenvalue weighted by Crippen LogP contribution is 2.36. The molecular weight excluding hydrogens is 372 g/mol. The second-order valence-electron chi connectivity index (χ2n) is 6.30. The summed E-state index contributed by atoms with van der Waals surface area (Å²) in [7, 11) is 0. The molecule has 8 nitrogen and oxygen atoms in total. The predicted octanol–water partition coefficient (Wildman–Crippen LogP) is 1.60. The average molecular weight is 390 g/mol. The zero-order chi connectivity index (χ0) is 18.8. The monoisotopic (exact) mass is 390 g/mol. The average Bonchev–Trinajstić information content (AvgIpc) is 3.38. The van der Waals surface area contributed by atoms with E-state index in [2.05, 4.69) is 5.32 Å². The van der Waals surface area contributed by atoms with Crippen LogP contribution in [0.4, 0.5) is 4.79 Å². The smallest absolute Gasteiger partial charge is 0.293 e. The third-order valence-corrected chi connectivity index (χ3v) is 5.41. The molecule has 4 rings (SSSR count). The molecule has 0 radical (unpaired) electrons. The van der Waals surface area contributed by atoms with Crippen LogP contribution < -0.4 is 14.8 Å². The number of rotatable bonds is 5. The van der Waals surface area contributed by atoms with Crippen LogP contribution in [0.2, 0.25) is 0 Å². The summed E-state index contributed by atoms with van der Waals surface area (Å²) in [6, 6.07) is 5.33. The predicted molar refractivity (Wildman–Crippen MR) is 97.2 cm³/mol. The summed E-state index contributed by atoms with van der Waals surface area (Å²) >= 11 is 0.888. The summed E-state index contributed by atoms with van der Waals surface area (Å²) in [6.07, 6.45) is 2.35. The summed E-state index contributed by atoms with van der Waals surface area (Å²) in [6.45, 7) is 1.55. The lowest BCUT2D eigenvalue weighted by molar-refractivity contribution is -0.126. The first-order valence-corrected chi connectivity index (χ1v) is 9.44. The van der Waals surface area contributed by atoms with Crippen molar-refractivity contribution in [1.29, 1.82) is 0 Å². The molecule has 9 heteroatoms. The molecule has 1 aromatic carbocycles. The van der Waals surface area contributed by atoms with Crippen LogP contribution in [0.15, 0.2) is 23.1 Å². The maximum absolute atomic E-state index is 12.5. The maximum Gasteiger partial charge on any atom is 0.293 e. The third kappa shape index (κ3) is 3.79. The normalized spacial score (nSPS) is 22.7. The van der Waals surface area contributed by atoms with E-state index in [1.165, 1.54) is 0 Å². The van der Waals surface area contributed by atoms with Crippen LogP contribution >= 0.6 is 11.8 Å². The lowest BCUT2D eigenvalue weighted by Crippen LogP contribution is -2.39. The van der Waals surface area contributed by atoms with E-state index in [4.69, 9.17) is 14.2 Å². The molecule has 1 atom stereocenters. The fourth-order valence-corrected chi connectivity index (χ4v) is 3.89. The Balaban J connectivity index is 1.36. The Morgan fingerprint density at radius 1 is 1.30 bits per heavy atom. The Kier molecular flexibility index (Phi) is 5.04. The Hall–Kier alpha value is -2.52. The summed E-state index contributed by atoms with van der Waals surface area (Å²) in [5, 5.41) is 2.42. The van der Waals surface area contributed by atoms with Crippen LogP contribution in [0.5, 0.6) is 11.5 Å². The molecule has 3 aliphatic heterocycles. The molecule has 0 aromatic heterocycles. The number of nitrogens with one attached hydrogen (secondary N) is 1. The van der Waals surface area contributed by atoms with Gasteiger partial charge < -0.3 is 19.5 Å². The molecule has 2 saturated heterocycles. The van der Waals surface area contributed by atoms with Crippen LogP contribution in [0.3, 0.4) is 0 Å². The van der Waals surface area contributed by atoms with Crippen LogP contribution in [0.25, 0.3) is 6.08 Å². The van der Waals surface area contributed by atoms with Crippen molar-refractivity contribution in [3.8, 4) is 11.5 Å². The topological polar surface area (TPSA) is 94.2 Å². The van der Waals surface area contributed by atoms with E-state index < -0.39 is 0 Å². The number of amides is 3. The molecule has 2 fully saturated rings. The van der Waals surface area contributed by atoms with Gasteiger partial charge in [-0.1, -0.05) is 6.07 Å². The number of carbonyl (C=O) groups excluding carboxylic acids is 3. The van der Waals surface area contributed by atoms with E-state index >= 15 is 0 Å². The number of nitrogens with zero attached hydrogens (tertiary/aromatic N) is 1. The van der Waals surface area contributed by atoms with E-state index in [-0.39, 0.29) is 42.9 Å². The Bertz CT molecular complexity index is 818. The van der Waals surface area contributed by atoms with Crippen molar-refractivity contribution in [3.63, 3.8) is 0 Å². The molecule has 3 aliphatic rings. The van der Waals surface area contributed by atoms with Crippen LogP contribution in [-0.4, -0.2) is 55.0 Å². The molecule has 1 unspecified atom stereocenters. The number of hydrogen-bond donors (Lipinski definition) is 1. The van der Waals surface area contributed by atoms with Gasteiger partial charge in [-0.3, -0.25) is 19.3 Å². The van der Waals surface area contributed by atoms with Crippen molar-refractivity contribution in [3.05, 3.63) is 28.7 Å². The van der Waals surface area contributed by atoms with Crippen molar-refractivity contribution in [2.24, 2.45) is 5.92 Å². The van der Waals surface area contributed by atoms with Gasteiger partial charge in [-0.15, -0.1) is 0 Å². The quantitative estimate of drug-likeness (QED) is 0.763. The number of imide groups is 1. The number of benzene rings is 1. The van der Waals surface area contributed by atoms with Gasteiger partial charge >= 0.3 is 0 Å². The highest BCUT2D eigenvalue weighted by Gasteiger charge is 2.35. The van der Waals surface area contributed by atoms with Crippen LogP contribution in [0, 0.1) is 5.92 Å². The van der Waals surface area contributed by atoms with Crippen molar-refractivity contribution in [2.45, 2.75) is 6.42 Å². The minimum atomic E-state index is -0.360. The van der Waals surface area contributed by atoms with E-state index in [9.17, 15) is 14.4 Å². The number of fused-ring (bicyclic) bond motifs is 1. The number of ether oxygens (including phenoxy) is 3.